The Kier molecular flexibility index (Phi) is 7.25. The summed E-state index contributed by atoms with van der Waals surface area (Å²) < 4.78 is 2.21. The van der Waals surface area contributed by atoms with Crippen molar-refractivity contribution in [3.05, 3.63) is 11.6 Å². The van der Waals surface area contributed by atoms with Crippen molar-refractivity contribution in [2.45, 2.75) is 45.7 Å². The predicted molar refractivity (Wildman–Crippen MR) is 91.5 cm³/mol. The summed E-state index contributed by atoms with van der Waals surface area (Å²) in [6.45, 7) is 4.96. The zero-order chi connectivity index (χ0) is 13.7. The molecule has 1 aliphatic rings. The molecule has 1 N–H and O–H groups in total. The van der Waals surface area contributed by atoms with Gasteiger partial charge in [-0.25, -0.2) is 0 Å². The molecule has 1 aliphatic heterocycles. The summed E-state index contributed by atoms with van der Waals surface area (Å²) >= 11 is 0. The maximum atomic E-state index is 4.31. The van der Waals surface area contributed by atoms with E-state index in [0.29, 0.717) is 6.54 Å². The number of unbranched alkanes of at least 4 members (excludes halogenated alkanes) is 1. The molecule has 0 spiro atoms. The lowest BCUT2D eigenvalue weighted by Crippen LogP contribution is -2.39. The van der Waals surface area contributed by atoms with Gasteiger partial charge in [-0.15, -0.1) is 34.2 Å². The molecule has 20 heavy (non-hydrogen) atoms. The molecule has 1 aromatic rings. The van der Waals surface area contributed by atoms with Crippen molar-refractivity contribution in [1.82, 2.24) is 25.0 Å². The standard InChI is InChI=1S/C13H24N6.HI/c1-4-5-8-18(3)13(14-2)15-10-12-17-16-11-7-6-9-19(11)12;/h4-10H2,1-3H3,(H,14,15);1H. The van der Waals surface area contributed by atoms with Gasteiger partial charge in [0, 0.05) is 33.6 Å². The van der Waals surface area contributed by atoms with Gasteiger partial charge in [-0.2, -0.15) is 0 Å². The molecule has 0 bridgehead atoms. The van der Waals surface area contributed by atoms with E-state index in [1.54, 1.807) is 0 Å². The highest BCUT2D eigenvalue weighted by Gasteiger charge is 2.17. The topological polar surface area (TPSA) is 58.3 Å². The molecule has 0 aliphatic carbocycles. The van der Waals surface area contributed by atoms with Gasteiger partial charge in [0.25, 0.3) is 0 Å². The number of rotatable bonds is 5. The highest BCUT2D eigenvalue weighted by atomic mass is 127. The molecular weight excluding hydrogens is 367 g/mol. The lowest BCUT2D eigenvalue weighted by molar-refractivity contribution is 0.462. The van der Waals surface area contributed by atoms with E-state index < -0.39 is 0 Å². The molecule has 0 atom stereocenters. The van der Waals surface area contributed by atoms with Crippen molar-refractivity contribution < 1.29 is 0 Å². The first-order valence-electron chi connectivity index (χ1n) is 7.09. The Morgan fingerprint density at radius 1 is 1.45 bits per heavy atom. The second kappa shape index (κ2) is 8.43. The molecule has 0 saturated carbocycles. The number of guanidine groups is 1. The van der Waals surface area contributed by atoms with Crippen LogP contribution in [-0.4, -0.2) is 46.3 Å². The van der Waals surface area contributed by atoms with Gasteiger partial charge in [-0.05, 0) is 12.8 Å². The Hall–Kier alpha value is -0.860. The van der Waals surface area contributed by atoms with Gasteiger partial charge in [0.15, 0.2) is 11.8 Å². The minimum atomic E-state index is 0. The van der Waals surface area contributed by atoms with Crippen molar-refractivity contribution in [3.63, 3.8) is 0 Å². The van der Waals surface area contributed by atoms with Crippen LogP contribution >= 0.6 is 24.0 Å². The number of aryl methyl sites for hydroxylation is 1. The Bertz CT molecular complexity index is 442. The Balaban J connectivity index is 0.00000200. The summed E-state index contributed by atoms with van der Waals surface area (Å²) in [5.74, 6) is 3.05. The van der Waals surface area contributed by atoms with Crippen LogP contribution in [0.5, 0.6) is 0 Å². The van der Waals surface area contributed by atoms with E-state index in [2.05, 4.69) is 43.9 Å². The lowest BCUT2D eigenvalue weighted by atomic mass is 10.3. The fourth-order valence-corrected chi connectivity index (χ4v) is 2.39. The van der Waals surface area contributed by atoms with E-state index in [1.165, 1.54) is 19.3 Å². The Morgan fingerprint density at radius 3 is 2.95 bits per heavy atom. The molecule has 0 fully saturated rings. The predicted octanol–water partition coefficient (Wildman–Crippen LogP) is 1.65. The maximum absolute atomic E-state index is 4.31. The van der Waals surface area contributed by atoms with Crippen molar-refractivity contribution in [2.75, 3.05) is 20.6 Å². The van der Waals surface area contributed by atoms with E-state index in [0.717, 1.165) is 37.1 Å². The number of aliphatic imine (C=N–C) groups is 1. The molecule has 0 amide bonds. The van der Waals surface area contributed by atoms with Crippen LogP contribution in [-0.2, 0) is 19.5 Å². The van der Waals surface area contributed by atoms with Gasteiger partial charge in [0.1, 0.15) is 5.82 Å². The Labute approximate surface area is 138 Å². The zero-order valence-electron chi connectivity index (χ0n) is 12.6. The number of nitrogens with one attached hydrogen (secondary N) is 1. The molecule has 0 saturated heterocycles. The van der Waals surface area contributed by atoms with Crippen LogP contribution in [0.1, 0.15) is 37.8 Å². The molecule has 2 heterocycles. The van der Waals surface area contributed by atoms with Gasteiger partial charge >= 0.3 is 0 Å². The highest BCUT2D eigenvalue weighted by Crippen LogP contribution is 2.13. The van der Waals surface area contributed by atoms with Crippen molar-refractivity contribution in [2.24, 2.45) is 4.99 Å². The fourth-order valence-electron chi connectivity index (χ4n) is 2.39. The third-order valence-corrected chi connectivity index (χ3v) is 3.51. The van der Waals surface area contributed by atoms with Crippen molar-refractivity contribution in [1.29, 1.82) is 0 Å². The SMILES string of the molecule is CCCCN(C)C(=NC)NCc1nnc2n1CCC2.I. The van der Waals surface area contributed by atoms with Gasteiger partial charge in [-0.1, -0.05) is 13.3 Å². The fraction of sp³-hybridized carbons (Fsp3) is 0.769. The van der Waals surface area contributed by atoms with Gasteiger partial charge in [0.2, 0.25) is 0 Å². The summed E-state index contributed by atoms with van der Waals surface area (Å²) in [5, 5.41) is 11.8. The summed E-state index contributed by atoms with van der Waals surface area (Å²) in [6.07, 6.45) is 4.61. The molecule has 2 rings (SSSR count). The number of fused-ring (bicyclic) bond motifs is 1. The molecular formula is C13H25IN6. The Morgan fingerprint density at radius 2 is 2.25 bits per heavy atom. The molecule has 7 heteroatoms. The first kappa shape index (κ1) is 17.2. The van der Waals surface area contributed by atoms with Crippen molar-refractivity contribution >= 4 is 29.9 Å². The molecule has 1 aromatic heterocycles. The normalized spacial score (nSPS) is 13.8. The number of halogens is 1. The van der Waals surface area contributed by atoms with Gasteiger partial charge in [0.05, 0.1) is 6.54 Å². The first-order chi connectivity index (χ1) is 9.26. The summed E-state index contributed by atoms with van der Waals surface area (Å²) in [5.41, 5.74) is 0. The third-order valence-electron chi connectivity index (χ3n) is 3.51. The molecule has 0 unspecified atom stereocenters. The van der Waals surface area contributed by atoms with Crippen LogP contribution in [0.2, 0.25) is 0 Å². The van der Waals surface area contributed by atoms with Crippen LogP contribution in [0.3, 0.4) is 0 Å². The average Bonchev–Trinajstić information content (AvgIpc) is 3.01. The van der Waals surface area contributed by atoms with Crippen molar-refractivity contribution in [3.8, 4) is 0 Å². The average molecular weight is 392 g/mol. The van der Waals surface area contributed by atoms with Crippen LogP contribution < -0.4 is 5.32 Å². The van der Waals surface area contributed by atoms with Gasteiger partial charge < -0.3 is 14.8 Å². The van der Waals surface area contributed by atoms with Crippen LogP contribution in [0.25, 0.3) is 0 Å². The number of aromatic nitrogens is 3. The zero-order valence-corrected chi connectivity index (χ0v) is 14.9. The number of hydrogen-bond donors (Lipinski definition) is 1. The molecule has 0 radical (unpaired) electrons. The van der Waals surface area contributed by atoms with E-state index in [-0.39, 0.29) is 24.0 Å². The summed E-state index contributed by atoms with van der Waals surface area (Å²) in [4.78, 5) is 6.47. The largest absolute Gasteiger partial charge is 0.349 e. The summed E-state index contributed by atoms with van der Waals surface area (Å²) in [7, 11) is 3.89. The summed E-state index contributed by atoms with van der Waals surface area (Å²) in [6, 6.07) is 0. The van der Waals surface area contributed by atoms with Gasteiger partial charge in [-0.3, -0.25) is 4.99 Å². The van der Waals surface area contributed by atoms with E-state index in [1.807, 2.05) is 7.05 Å². The molecule has 0 aromatic carbocycles. The first-order valence-corrected chi connectivity index (χ1v) is 7.09. The monoisotopic (exact) mass is 392 g/mol. The van der Waals surface area contributed by atoms with Crippen LogP contribution in [0.4, 0.5) is 0 Å². The van der Waals surface area contributed by atoms with E-state index in [4.69, 9.17) is 0 Å². The second-order valence-corrected chi connectivity index (χ2v) is 4.96. The number of hydrogen-bond acceptors (Lipinski definition) is 3. The lowest BCUT2D eigenvalue weighted by Gasteiger charge is -2.21. The minimum absolute atomic E-state index is 0. The quantitative estimate of drug-likeness (QED) is 0.471. The second-order valence-electron chi connectivity index (χ2n) is 4.96. The van der Waals surface area contributed by atoms with E-state index in [9.17, 15) is 0 Å². The van der Waals surface area contributed by atoms with Crippen LogP contribution in [0, 0.1) is 0 Å². The minimum Gasteiger partial charge on any atom is -0.349 e. The maximum Gasteiger partial charge on any atom is 0.193 e. The van der Waals surface area contributed by atoms with E-state index >= 15 is 0 Å². The molecule has 6 nitrogen and oxygen atoms in total. The number of nitrogens with zero attached hydrogens (tertiary/aromatic N) is 5. The molecule has 114 valence electrons. The smallest absolute Gasteiger partial charge is 0.193 e. The van der Waals surface area contributed by atoms with Crippen LogP contribution in [0.15, 0.2) is 4.99 Å². The third kappa shape index (κ3) is 4.07. The highest BCUT2D eigenvalue weighted by molar-refractivity contribution is 14.0.